The Bertz CT molecular complexity index is 157. The van der Waals surface area contributed by atoms with E-state index in [1.165, 1.54) is 32.2 Å². The normalized spacial score (nSPS) is 15.8. The van der Waals surface area contributed by atoms with Crippen molar-refractivity contribution in [1.82, 2.24) is 4.90 Å². The molecule has 0 spiro atoms. The van der Waals surface area contributed by atoms with Gasteiger partial charge in [-0.1, -0.05) is 27.2 Å². The Hall–Kier alpha value is -0.0800. The summed E-state index contributed by atoms with van der Waals surface area (Å²) in [4.78, 5) is 2.48. The van der Waals surface area contributed by atoms with Crippen molar-refractivity contribution in [2.24, 2.45) is 17.6 Å². The molecule has 16 heavy (non-hydrogen) atoms. The zero-order chi connectivity index (χ0) is 12.6. The van der Waals surface area contributed by atoms with Gasteiger partial charge in [0.1, 0.15) is 0 Å². The largest absolute Gasteiger partial charge is 0.330 e. The van der Waals surface area contributed by atoms with Crippen molar-refractivity contribution in [2.75, 3.05) is 20.1 Å². The Kier molecular flexibility index (Phi) is 8.96. The molecular weight excluding hydrogens is 196 g/mol. The third kappa shape index (κ3) is 7.24. The molecule has 2 atom stereocenters. The molecule has 0 aromatic heterocycles. The molecule has 0 bridgehead atoms. The van der Waals surface area contributed by atoms with Gasteiger partial charge in [-0.25, -0.2) is 0 Å². The van der Waals surface area contributed by atoms with Crippen molar-refractivity contribution in [3.05, 3.63) is 0 Å². The van der Waals surface area contributed by atoms with Gasteiger partial charge in [-0.15, -0.1) is 0 Å². The van der Waals surface area contributed by atoms with Crippen molar-refractivity contribution in [3.63, 3.8) is 0 Å². The summed E-state index contributed by atoms with van der Waals surface area (Å²) in [6.45, 7) is 11.2. The molecule has 0 amide bonds. The van der Waals surface area contributed by atoms with E-state index in [4.69, 9.17) is 5.73 Å². The maximum atomic E-state index is 5.82. The van der Waals surface area contributed by atoms with Crippen LogP contribution in [0.2, 0.25) is 0 Å². The van der Waals surface area contributed by atoms with E-state index in [0.29, 0.717) is 12.0 Å². The van der Waals surface area contributed by atoms with E-state index in [1.54, 1.807) is 0 Å². The Morgan fingerprint density at radius 1 is 1.12 bits per heavy atom. The third-order valence-corrected chi connectivity index (χ3v) is 3.49. The molecule has 0 aliphatic heterocycles. The molecule has 0 aromatic rings. The average Bonchev–Trinajstić information content (AvgIpc) is 2.23. The van der Waals surface area contributed by atoms with Gasteiger partial charge in [0.15, 0.2) is 0 Å². The zero-order valence-corrected chi connectivity index (χ0v) is 12.0. The minimum absolute atomic E-state index is 0.705. The first-order valence-electron chi connectivity index (χ1n) is 6.91. The van der Waals surface area contributed by atoms with Crippen molar-refractivity contribution < 1.29 is 0 Å². The lowest BCUT2D eigenvalue weighted by molar-refractivity contribution is 0.221. The second kappa shape index (κ2) is 9.00. The summed E-state index contributed by atoms with van der Waals surface area (Å²) < 4.78 is 0. The number of rotatable bonds is 9. The van der Waals surface area contributed by atoms with E-state index in [2.05, 4.69) is 39.6 Å². The van der Waals surface area contributed by atoms with Crippen LogP contribution in [0.1, 0.15) is 53.4 Å². The maximum Gasteiger partial charge on any atom is 0.00637 e. The van der Waals surface area contributed by atoms with Crippen LogP contribution in [0.4, 0.5) is 0 Å². The van der Waals surface area contributed by atoms with Crippen LogP contribution in [0.5, 0.6) is 0 Å². The second-order valence-electron chi connectivity index (χ2n) is 5.64. The molecule has 98 valence electrons. The van der Waals surface area contributed by atoms with Crippen LogP contribution in [0.15, 0.2) is 0 Å². The Morgan fingerprint density at radius 2 is 1.75 bits per heavy atom. The summed E-state index contributed by atoms with van der Waals surface area (Å²) in [6, 6.07) is 0.711. The minimum Gasteiger partial charge on any atom is -0.330 e. The Morgan fingerprint density at radius 3 is 2.19 bits per heavy atom. The van der Waals surface area contributed by atoms with Gasteiger partial charge < -0.3 is 10.6 Å². The average molecular weight is 228 g/mol. The van der Waals surface area contributed by atoms with Gasteiger partial charge in [-0.3, -0.25) is 0 Å². The molecule has 0 aliphatic carbocycles. The monoisotopic (exact) mass is 228 g/mol. The number of hydrogen-bond donors (Lipinski definition) is 1. The molecule has 2 nitrogen and oxygen atoms in total. The van der Waals surface area contributed by atoms with Crippen molar-refractivity contribution >= 4 is 0 Å². The van der Waals surface area contributed by atoms with E-state index < -0.39 is 0 Å². The van der Waals surface area contributed by atoms with Gasteiger partial charge in [0.25, 0.3) is 0 Å². The number of nitrogens with zero attached hydrogens (tertiary/aromatic N) is 1. The second-order valence-corrected chi connectivity index (χ2v) is 5.64. The van der Waals surface area contributed by atoms with Gasteiger partial charge in [-0.05, 0) is 58.2 Å². The fourth-order valence-electron chi connectivity index (χ4n) is 2.24. The number of hydrogen-bond acceptors (Lipinski definition) is 2. The lowest BCUT2D eigenvalue weighted by Crippen LogP contribution is -2.32. The Balaban J connectivity index is 3.82. The summed E-state index contributed by atoms with van der Waals surface area (Å²) in [7, 11) is 2.24. The fraction of sp³-hybridized carbons (Fsp3) is 1.00. The first kappa shape index (κ1) is 15.9. The van der Waals surface area contributed by atoms with Gasteiger partial charge in [-0.2, -0.15) is 0 Å². The van der Waals surface area contributed by atoms with Crippen LogP contribution in [-0.2, 0) is 0 Å². The maximum absolute atomic E-state index is 5.82. The van der Waals surface area contributed by atoms with Crippen molar-refractivity contribution in [2.45, 2.75) is 59.4 Å². The molecule has 2 heteroatoms. The molecule has 0 fully saturated rings. The highest BCUT2D eigenvalue weighted by Gasteiger charge is 2.12. The molecule has 0 aliphatic rings. The molecule has 0 heterocycles. The van der Waals surface area contributed by atoms with Gasteiger partial charge in [0.2, 0.25) is 0 Å². The van der Waals surface area contributed by atoms with E-state index in [9.17, 15) is 0 Å². The van der Waals surface area contributed by atoms with Crippen LogP contribution >= 0.6 is 0 Å². The smallest absolute Gasteiger partial charge is 0.00637 e. The SMILES string of the molecule is CCCC(C)N(C)CCC(CN)CC(C)C. The highest BCUT2D eigenvalue weighted by atomic mass is 15.1. The molecule has 0 saturated carbocycles. The third-order valence-electron chi connectivity index (χ3n) is 3.49. The number of nitrogens with two attached hydrogens (primary N) is 1. The quantitative estimate of drug-likeness (QED) is 0.657. The summed E-state index contributed by atoms with van der Waals surface area (Å²) in [5.74, 6) is 1.48. The van der Waals surface area contributed by atoms with Crippen LogP contribution in [0, 0.1) is 11.8 Å². The van der Waals surface area contributed by atoms with Gasteiger partial charge >= 0.3 is 0 Å². The topological polar surface area (TPSA) is 29.3 Å². The highest BCUT2D eigenvalue weighted by molar-refractivity contribution is 4.68. The first-order chi connectivity index (χ1) is 7.51. The molecule has 2 N–H and O–H groups in total. The molecular formula is C14H32N2. The Labute approximate surface area is 103 Å². The summed E-state index contributed by atoms with van der Waals surface area (Å²) in [6.07, 6.45) is 5.09. The highest BCUT2D eigenvalue weighted by Crippen LogP contribution is 2.15. The van der Waals surface area contributed by atoms with Gasteiger partial charge in [0, 0.05) is 6.04 Å². The van der Waals surface area contributed by atoms with Crippen LogP contribution in [0.3, 0.4) is 0 Å². The summed E-state index contributed by atoms with van der Waals surface area (Å²) >= 11 is 0. The summed E-state index contributed by atoms with van der Waals surface area (Å²) in [5.41, 5.74) is 5.82. The molecule has 0 aromatic carbocycles. The zero-order valence-electron chi connectivity index (χ0n) is 12.0. The standard InChI is InChI=1S/C14H32N2/c1-6-7-13(4)16(5)9-8-14(11-15)10-12(2)3/h12-14H,6-11,15H2,1-5H3. The first-order valence-corrected chi connectivity index (χ1v) is 6.91. The molecule has 0 radical (unpaired) electrons. The van der Waals surface area contributed by atoms with Crippen LogP contribution in [0.25, 0.3) is 0 Å². The lowest BCUT2D eigenvalue weighted by Gasteiger charge is -2.26. The van der Waals surface area contributed by atoms with E-state index in [1.807, 2.05) is 0 Å². The van der Waals surface area contributed by atoms with E-state index in [-0.39, 0.29) is 0 Å². The minimum atomic E-state index is 0.705. The molecule has 0 rings (SSSR count). The predicted octanol–water partition coefficient (Wildman–Crippen LogP) is 3.12. The van der Waals surface area contributed by atoms with Crippen LogP contribution in [-0.4, -0.2) is 31.1 Å². The lowest BCUT2D eigenvalue weighted by atomic mass is 9.94. The predicted molar refractivity (Wildman–Crippen MR) is 73.6 cm³/mol. The fourth-order valence-corrected chi connectivity index (χ4v) is 2.24. The van der Waals surface area contributed by atoms with E-state index in [0.717, 1.165) is 12.5 Å². The van der Waals surface area contributed by atoms with Crippen molar-refractivity contribution in [1.29, 1.82) is 0 Å². The molecule has 2 unspecified atom stereocenters. The molecule has 0 saturated heterocycles. The summed E-state index contributed by atoms with van der Waals surface area (Å²) in [5, 5.41) is 0. The van der Waals surface area contributed by atoms with Crippen molar-refractivity contribution in [3.8, 4) is 0 Å². The van der Waals surface area contributed by atoms with Gasteiger partial charge in [0.05, 0.1) is 0 Å². The van der Waals surface area contributed by atoms with Crippen LogP contribution < -0.4 is 5.73 Å². The van der Waals surface area contributed by atoms with E-state index >= 15 is 0 Å².